The minimum absolute atomic E-state index is 0.00671. The molecule has 0 atom stereocenters. The molecule has 1 heterocycles. The Bertz CT molecular complexity index is 401. The molecule has 0 aliphatic heterocycles. The average molecular weight is 346 g/mol. The molecule has 0 amide bonds. The number of hydrogen-bond acceptors (Lipinski definition) is 3. The Morgan fingerprint density at radius 2 is 2.20 bits per heavy atom. The first-order chi connectivity index (χ1) is 6.97. The third-order valence-corrected chi connectivity index (χ3v) is 2.73. The summed E-state index contributed by atoms with van der Waals surface area (Å²) in [6.07, 6.45) is -2.97. The lowest BCUT2D eigenvalue weighted by Gasteiger charge is -2.04. The van der Waals surface area contributed by atoms with E-state index in [9.17, 15) is 18.9 Å². The van der Waals surface area contributed by atoms with Gasteiger partial charge in [0.15, 0.2) is 5.69 Å². The fourth-order valence-electron chi connectivity index (χ4n) is 0.978. The number of rotatable bonds is 3. The van der Waals surface area contributed by atoms with E-state index in [0.29, 0.717) is 5.69 Å². The van der Waals surface area contributed by atoms with Crippen molar-refractivity contribution in [1.82, 2.24) is 4.98 Å². The third kappa shape index (κ3) is 2.69. The second kappa shape index (κ2) is 4.93. The molecule has 8 heteroatoms. The van der Waals surface area contributed by atoms with Crippen LogP contribution in [0.2, 0.25) is 0 Å². The second-order valence-electron chi connectivity index (χ2n) is 2.52. The van der Waals surface area contributed by atoms with E-state index < -0.39 is 22.7 Å². The molecule has 0 aliphatic rings. The summed E-state index contributed by atoms with van der Waals surface area (Å²) in [4.78, 5) is 13.2. The number of nitrogens with zero attached hydrogens (tertiary/aromatic N) is 2. The Hall–Kier alpha value is -0.630. The minimum Gasteiger partial charge on any atom is -0.258 e. The standard InChI is InChI=1S/C7H4Br2F2N2O2/c8-2-3-1-4(9)6(13(14)15)5(12-3)7(10)11/h1,7H,2H2. The van der Waals surface area contributed by atoms with Crippen LogP contribution in [0.3, 0.4) is 0 Å². The summed E-state index contributed by atoms with van der Waals surface area (Å²) < 4.78 is 25.0. The monoisotopic (exact) mass is 344 g/mol. The van der Waals surface area contributed by atoms with E-state index in [1.807, 2.05) is 0 Å². The van der Waals surface area contributed by atoms with Crippen LogP contribution in [-0.2, 0) is 5.33 Å². The van der Waals surface area contributed by atoms with Crippen LogP contribution in [0.5, 0.6) is 0 Å². The van der Waals surface area contributed by atoms with E-state index in [1.165, 1.54) is 6.07 Å². The fraction of sp³-hybridized carbons (Fsp3) is 0.286. The van der Waals surface area contributed by atoms with E-state index in [0.717, 1.165) is 0 Å². The van der Waals surface area contributed by atoms with Gasteiger partial charge in [0.05, 0.1) is 15.1 Å². The van der Waals surface area contributed by atoms with Gasteiger partial charge >= 0.3 is 5.69 Å². The second-order valence-corrected chi connectivity index (χ2v) is 3.94. The lowest BCUT2D eigenvalue weighted by molar-refractivity contribution is -0.387. The molecule has 0 saturated heterocycles. The lowest BCUT2D eigenvalue weighted by Crippen LogP contribution is -2.02. The molecular weight excluding hydrogens is 342 g/mol. The van der Waals surface area contributed by atoms with Gasteiger partial charge in [0.1, 0.15) is 0 Å². The van der Waals surface area contributed by atoms with Gasteiger partial charge in [0.25, 0.3) is 6.43 Å². The zero-order chi connectivity index (χ0) is 11.6. The van der Waals surface area contributed by atoms with Crippen LogP contribution in [0.4, 0.5) is 14.5 Å². The van der Waals surface area contributed by atoms with Crippen LogP contribution in [0, 0.1) is 10.1 Å². The molecular formula is C7H4Br2F2N2O2. The lowest BCUT2D eigenvalue weighted by atomic mass is 10.2. The molecule has 4 nitrogen and oxygen atoms in total. The largest absolute Gasteiger partial charge is 0.310 e. The van der Waals surface area contributed by atoms with Crippen molar-refractivity contribution >= 4 is 37.5 Å². The zero-order valence-electron chi connectivity index (χ0n) is 7.08. The molecule has 1 aromatic rings. The molecule has 0 aromatic carbocycles. The third-order valence-electron chi connectivity index (χ3n) is 1.55. The first kappa shape index (κ1) is 12.4. The summed E-state index contributed by atoms with van der Waals surface area (Å²) in [6.45, 7) is 0. The van der Waals surface area contributed by atoms with Crippen LogP contribution >= 0.6 is 31.9 Å². The van der Waals surface area contributed by atoms with Crippen molar-refractivity contribution in [3.8, 4) is 0 Å². The summed E-state index contributed by atoms with van der Waals surface area (Å²) in [5.74, 6) is 0. The maximum atomic E-state index is 12.5. The number of hydrogen-bond donors (Lipinski definition) is 0. The van der Waals surface area contributed by atoms with Gasteiger partial charge in [-0.15, -0.1) is 0 Å². The first-order valence-corrected chi connectivity index (χ1v) is 5.56. The molecule has 15 heavy (non-hydrogen) atoms. The molecule has 0 radical (unpaired) electrons. The molecule has 0 spiro atoms. The van der Waals surface area contributed by atoms with Crippen LogP contribution in [0.25, 0.3) is 0 Å². The van der Waals surface area contributed by atoms with Gasteiger partial charge in [-0.1, -0.05) is 15.9 Å². The molecule has 1 aromatic heterocycles. The summed E-state index contributed by atoms with van der Waals surface area (Å²) in [7, 11) is 0. The highest BCUT2D eigenvalue weighted by molar-refractivity contribution is 9.10. The van der Waals surface area contributed by atoms with Crippen molar-refractivity contribution in [1.29, 1.82) is 0 Å². The van der Waals surface area contributed by atoms with Gasteiger partial charge in [-0.2, -0.15) is 0 Å². The Labute approximate surface area is 100 Å². The van der Waals surface area contributed by atoms with Crippen molar-refractivity contribution in [3.63, 3.8) is 0 Å². The Balaban J connectivity index is 3.42. The summed E-state index contributed by atoms with van der Waals surface area (Å²) in [5.41, 5.74) is -1.19. The molecule has 0 fully saturated rings. The van der Waals surface area contributed by atoms with Gasteiger partial charge in [-0.3, -0.25) is 10.1 Å². The summed E-state index contributed by atoms with van der Waals surface area (Å²) in [6, 6.07) is 1.33. The highest BCUT2D eigenvalue weighted by Gasteiger charge is 2.27. The smallest absolute Gasteiger partial charge is 0.258 e. The first-order valence-electron chi connectivity index (χ1n) is 3.65. The van der Waals surface area contributed by atoms with Crippen molar-refractivity contribution in [2.24, 2.45) is 0 Å². The van der Waals surface area contributed by atoms with Gasteiger partial charge in [0, 0.05) is 5.33 Å². The fourth-order valence-corrected chi connectivity index (χ4v) is 1.88. The minimum atomic E-state index is -2.97. The van der Waals surface area contributed by atoms with Crippen LogP contribution in [-0.4, -0.2) is 9.91 Å². The quantitative estimate of drug-likeness (QED) is 0.478. The number of halogens is 4. The molecule has 1 rings (SSSR count). The van der Waals surface area contributed by atoms with Crippen molar-refractivity contribution < 1.29 is 13.7 Å². The highest BCUT2D eigenvalue weighted by Crippen LogP contribution is 2.34. The topological polar surface area (TPSA) is 56.0 Å². The molecule has 0 saturated carbocycles. The zero-order valence-corrected chi connectivity index (χ0v) is 10.3. The van der Waals surface area contributed by atoms with Crippen molar-refractivity contribution in [2.45, 2.75) is 11.8 Å². The van der Waals surface area contributed by atoms with Crippen molar-refractivity contribution in [3.05, 3.63) is 32.0 Å². The van der Waals surface area contributed by atoms with Crippen LogP contribution in [0.15, 0.2) is 10.5 Å². The average Bonchev–Trinajstić information content (AvgIpc) is 2.15. The van der Waals surface area contributed by atoms with E-state index in [1.54, 1.807) is 0 Å². The number of pyridine rings is 1. The van der Waals surface area contributed by atoms with Gasteiger partial charge in [-0.25, -0.2) is 13.8 Å². The van der Waals surface area contributed by atoms with Gasteiger partial charge in [0.2, 0.25) is 0 Å². The number of aromatic nitrogens is 1. The molecule has 82 valence electrons. The predicted molar refractivity (Wildman–Crippen MR) is 56.2 cm³/mol. The maximum Gasteiger partial charge on any atom is 0.310 e. The number of alkyl halides is 3. The SMILES string of the molecule is O=[N+]([O-])c1c(Br)cc(CBr)nc1C(F)F. The summed E-state index contributed by atoms with van der Waals surface area (Å²) in [5, 5.41) is 10.8. The van der Waals surface area contributed by atoms with E-state index in [4.69, 9.17) is 0 Å². The molecule has 0 aliphatic carbocycles. The van der Waals surface area contributed by atoms with Crippen LogP contribution in [0.1, 0.15) is 17.8 Å². The Kier molecular flexibility index (Phi) is 4.09. The predicted octanol–water partition coefficient (Wildman–Crippen LogP) is 3.58. The summed E-state index contributed by atoms with van der Waals surface area (Å²) >= 11 is 5.91. The molecule has 0 N–H and O–H groups in total. The van der Waals surface area contributed by atoms with E-state index >= 15 is 0 Å². The molecule has 0 unspecified atom stereocenters. The Morgan fingerprint density at radius 3 is 2.60 bits per heavy atom. The van der Waals surface area contributed by atoms with E-state index in [2.05, 4.69) is 36.8 Å². The van der Waals surface area contributed by atoms with Crippen molar-refractivity contribution in [2.75, 3.05) is 0 Å². The van der Waals surface area contributed by atoms with Crippen LogP contribution < -0.4 is 0 Å². The Morgan fingerprint density at radius 1 is 1.60 bits per heavy atom. The van der Waals surface area contributed by atoms with E-state index in [-0.39, 0.29) is 9.80 Å². The maximum absolute atomic E-state index is 12.5. The van der Waals surface area contributed by atoms with Gasteiger partial charge in [-0.05, 0) is 22.0 Å². The number of nitro groups is 1. The molecule has 0 bridgehead atoms. The highest BCUT2D eigenvalue weighted by atomic mass is 79.9. The van der Waals surface area contributed by atoms with Gasteiger partial charge < -0.3 is 0 Å². The normalized spacial score (nSPS) is 10.7.